The number of carbonyl (C=O) groups excluding carboxylic acids is 1. The van der Waals surface area contributed by atoms with Gasteiger partial charge in [0.2, 0.25) is 5.82 Å². The number of nitrogens with one attached hydrogen (secondary N) is 1. The summed E-state index contributed by atoms with van der Waals surface area (Å²) >= 11 is 0. The summed E-state index contributed by atoms with van der Waals surface area (Å²) in [6.45, 7) is 3.77. The number of benzene rings is 2. The summed E-state index contributed by atoms with van der Waals surface area (Å²) in [4.78, 5) is 21.8. The second-order valence-electron chi connectivity index (χ2n) is 5.45. The van der Waals surface area contributed by atoms with Gasteiger partial charge >= 0.3 is 5.69 Å². The van der Waals surface area contributed by atoms with E-state index in [1.54, 1.807) is 6.07 Å². The predicted octanol–water partition coefficient (Wildman–Crippen LogP) is 3.87. The van der Waals surface area contributed by atoms with E-state index in [9.17, 15) is 19.3 Å². The topological polar surface area (TPSA) is 81.5 Å². The van der Waals surface area contributed by atoms with E-state index in [0.29, 0.717) is 5.75 Å². The molecule has 0 aromatic heterocycles. The molecule has 6 nitrogen and oxygen atoms in total. The van der Waals surface area contributed by atoms with Crippen molar-refractivity contribution >= 4 is 17.3 Å². The molecule has 0 aliphatic rings. The Bertz CT molecular complexity index is 762. The van der Waals surface area contributed by atoms with Crippen molar-refractivity contribution in [1.82, 2.24) is 0 Å². The molecule has 24 heavy (non-hydrogen) atoms. The van der Waals surface area contributed by atoms with Gasteiger partial charge in [0, 0.05) is 11.8 Å². The summed E-state index contributed by atoms with van der Waals surface area (Å²) in [6, 6.07) is 10.5. The smallest absolute Gasteiger partial charge is 0.306 e. The molecule has 0 bridgehead atoms. The van der Waals surface area contributed by atoms with Crippen LogP contribution in [0.15, 0.2) is 42.5 Å². The average Bonchev–Trinajstić information content (AvgIpc) is 2.54. The van der Waals surface area contributed by atoms with Crippen molar-refractivity contribution in [3.05, 3.63) is 64.0 Å². The van der Waals surface area contributed by atoms with Crippen molar-refractivity contribution < 1.29 is 18.8 Å². The van der Waals surface area contributed by atoms with E-state index in [2.05, 4.69) is 5.32 Å². The standard InChI is InChI=1S/C17H17FN2O4/c1-11(2)13-5-3-4-6-16(13)24-10-17(21)19-12-7-8-14(18)15(9-12)20(22)23/h3-9,11H,10H2,1-2H3,(H,19,21). The Labute approximate surface area is 138 Å². The number of para-hydroxylation sites is 1. The molecule has 0 spiro atoms. The molecule has 0 heterocycles. The van der Waals surface area contributed by atoms with Crippen LogP contribution in [0.25, 0.3) is 0 Å². The molecule has 0 radical (unpaired) electrons. The Kier molecular flexibility index (Phi) is 5.47. The first-order valence-electron chi connectivity index (χ1n) is 7.34. The van der Waals surface area contributed by atoms with Gasteiger partial charge in [-0.2, -0.15) is 4.39 Å². The molecule has 0 saturated heterocycles. The molecule has 2 aromatic carbocycles. The number of rotatable bonds is 6. The normalized spacial score (nSPS) is 10.5. The highest BCUT2D eigenvalue weighted by Gasteiger charge is 2.16. The fourth-order valence-electron chi connectivity index (χ4n) is 2.16. The predicted molar refractivity (Wildman–Crippen MR) is 87.7 cm³/mol. The van der Waals surface area contributed by atoms with Crippen molar-refractivity contribution in [3.63, 3.8) is 0 Å². The van der Waals surface area contributed by atoms with Crippen LogP contribution in [-0.4, -0.2) is 17.4 Å². The van der Waals surface area contributed by atoms with Crippen LogP contribution in [0.5, 0.6) is 5.75 Å². The number of nitro benzene ring substituents is 1. The van der Waals surface area contributed by atoms with Crippen LogP contribution in [-0.2, 0) is 4.79 Å². The van der Waals surface area contributed by atoms with Crippen LogP contribution >= 0.6 is 0 Å². The van der Waals surface area contributed by atoms with Crippen molar-refractivity contribution in [2.45, 2.75) is 19.8 Å². The van der Waals surface area contributed by atoms with E-state index in [1.165, 1.54) is 6.07 Å². The lowest BCUT2D eigenvalue weighted by Crippen LogP contribution is -2.20. The number of anilines is 1. The largest absolute Gasteiger partial charge is 0.483 e. The van der Waals surface area contributed by atoms with Gasteiger partial charge in [-0.1, -0.05) is 32.0 Å². The molecular weight excluding hydrogens is 315 g/mol. The maximum absolute atomic E-state index is 13.3. The van der Waals surface area contributed by atoms with Gasteiger partial charge < -0.3 is 10.1 Å². The van der Waals surface area contributed by atoms with Crippen molar-refractivity contribution in [2.24, 2.45) is 0 Å². The highest BCUT2D eigenvalue weighted by atomic mass is 19.1. The van der Waals surface area contributed by atoms with Crippen LogP contribution in [0.1, 0.15) is 25.3 Å². The van der Waals surface area contributed by atoms with Gasteiger partial charge in [0.15, 0.2) is 6.61 Å². The fraction of sp³-hybridized carbons (Fsp3) is 0.235. The minimum atomic E-state index is -0.958. The zero-order valence-electron chi connectivity index (χ0n) is 13.3. The third kappa shape index (κ3) is 4.28. The molecule has 2 aromatic rings. The number of hydrogen-bond acceptors (Lipinski definition) is 4. The Morgan fingerprint density at radius 2 is 2.00 bits per heavy atom. The molecule has 0 aliphatic heterocycles. The molecule has 0 fully saturated rings. The number of nitro groups is 1. The van der Waals surface area contributed by atoms with E-state index in [4.69, 9.17) is 4.74 Å². The summed E-state index contributed by atoms with van der Waals surface area (Å²) in [5, 5.41) is 13.1. The lowest BCUT2D eigenvalue weighted by molar-refractivity contribution is -0.387. The minimum absolute atomic E-state index is 0.133. The van der Waals surface area contributed by atoms with Crippen LogP contribution in [0.2, 0.25) is 0 Å². The Balaban J connectivity index is 2.02. The van der Waals surface area contributed by atoms with Gasteiger partial charge in [0.1, 0.15) is 5.75 Å². The zero-order chi connectivity index (χ0) is 17.7. The third-order valence-electron chi connectivity index (χ3n) is 3.33. The van der Waals surface area contributed by atoms with E-state index >= 15 is 0 Å². The maximum atomic E-state index is 13.3. The molecule has 0 unspecified atom stereocenters. The molecule has 2 rings (SSSR count). The monoisotopic (exact) mass is 332 g/mol. The number of halogens is 1. The first-order chi connectivity index (χ1) is 11.4. The molecular formula is C17H17FN2O4. The van der Waals surface area contributed by atoms with Gasteiger partial charge in [-0.3, -0.25) is 14.9 Å². The SMILES string of the molecule is CC(C)c1ccccc1OCC(=O)Nc1ccc(F)c([N+](=O)[O-])c1. The minimum Gasteiger partial charge on any atom is -0.483 e. The summed E-state index contributed by atoms with van der Waals surface area (Å²) in [5.74, 6) is -0.605. The van der Waals surface area contributed by atoms with Gasteiger partial charge in [0.05, 0.1) is 4.92 Å². The first kappa shape index (κ1) is 17.4. The second kappa shape index (κ2) is 7.54. The lowest BCUT2D eigenvalue weighted by Gasteiger charge is -2.13. The molecule has 1 N–H and O–H groups in total. The van der Waals surface area contributed by atoms with Crippen LogP contribution in [0.4, 0.5) is 15.8 Å². The average molecular weight is 332 g/mol. The molecule has 0 saturated carbocycles. The number of amides is 1. The number of nitrogens with zero attached hydrogens (tertiary/aromatic N) is 1. The molecule has 0 aliphatic carbocycles. The van der Waals surface area contributed by atoms with E-state index in [0.717, 1.165) is 17.7 Å². The summed E-state index contributed by atoms with van der Waals surface area (Å²) < 4.78 is 18.8. The Hall–Kier alpha value is -2.96. The van der Waals surface area contributed by atoms with Crippen molar-refractivity contribution in [2.75, 3.05) is 11.9 Å². The Morgan fingerprint density at radius 1 is 1.29 bits per heavy atom. The molecule has 0 atom stereocenters. The summed E-state index contributed by atoms with van der Waals surface area (Å²) in [7, 11) is 0. The van der Waals surface area contributed by atoms with Gasteiger partial charge in [-0.25, -0.2) is 0 Å². The highest BCUT2D eigenvalue weighted by molar-refractivity contribution is 5.92. The summed E-state index contributed by atoms with van der Waals surface area (Å²) in [5.41, 5.74) is 0.412. The van der Waals surface area contributed by atoms with Crippen molar-refractivity contribution in [1.29, 1.82) is 0 Å². The van der Waals surface area contributed by atoms with Crippen LogP contribution in [0.3, 0.4) is 0 Å². The molecule has 7 heteroatoms. The number of carbonyl (C=O) groups is 1. The van der Waals surface area contributed by atoms with Crippen LogP contribution in [0, 0.1) is 15.9 Å². The summed E-state index contributed by atoms with van der Waals surface area (Å²) in [6.07, 6.45) is 0. The fourth-order valence-corrected chi connectivity index (χ4v) is 2.16. The van der Waals surface area contributed by atoms with E-state index in [1.807, 2.05) is 32.0 Å². The second-order valence-corrected chi connectivity index (χ2v) is 5.45. The first-order valence-corrected chi connectivity index (χ1v) is 7.34. The lowest BCUT2D eigenvalue weighted by atomic mass is 10.0. The number of ether oxygens (including phenoxy) is 1. The van der Waals surface area contributed by atoms with Crippen molar-refractivity contribution in [3.8, 4) is 5.75 Å². The van der Waals surface area contributed by atoms with E-state index in [-0.39, 0.29) is 18.2 Å². The third-order valence-corrected chi connectivity index (χ3v) is 3.33. The molecule has 126 valence electrons. The molecule has 1 amide bonds. The van der Waals surface area contributed by atoms with Gasteiger partial charge in [0.25, 0.3) is 5.91 Å². The Morgan fingerprint density at radius 3 is 2.67 bits per heavy atom. The highest BCUT2D eigenvalue weighted by Crippen LogP contribution is 2.26. The quantitative estimate of drug-likeness (QED) is 0.643. The maximum Gasteiger partial charge on any atom is 0.306 e. The number of hydrogen-bond donors (Lipinski definition) is 1. The van der Waals surface area contributed by atoms with Gasteiger partial charge in [-0.05, 0) is 29.7 Å². The van der Waals surface area contributed by atoms with E-state index < -0.39 is 22.3 Å². The van der Waals surface area contributed by atoms with Gasteiger partial charge in [-0.15, -0.1) is 0 Å². The zero-order valence-corrected chi connectivity index (χ0v) is 13.3. The van der Waals surface area contributed by atoms with Crippen LogP contribution < -0.4 is 10.1 Å².